The first-order valence-corrected chi connectivity index (χ1v) is 6.31. The van der Waals surface area contributed by atoms with E-state index in [1.54, 1.807) is 30.1 Å². The maximum atomic E-state index is 11.6. The van der Waals surface area contributed by atoms with E-state index in [-0.39, 0.29) is 17.4 Å². The predicted octanol–water partition coefficient (Wildman–Crippen LogP) is 1.86. The minimum Gasteiger partial charge on any atom is -0.389 e. The van der Waals surface area contributed by atoms with Crippen LogP contribution in [0.15, 0.2) is 18.2 Å². The Bertz CT molecular complexity index is 465. The Morgan fingerprint density at radius 3 is 2.72 bits per heavy atom. The van der Waals surface area contributed by atoms with Crippen molar-refractivity contribution in [3.63, 3.8) is 0 Å². The zero-order valence-electron chi connectivity index (χ0n) is 10.4. The van der Waals surface area contributed by atoms with E-state index in [9.17, 15) is 4.79 Å². The fraction of sp³-hybridized carbons (Fsp3) is 0.333. The second-order valence-corrected chi connectivity index (χ2v) is 4.67. The van der Waals surface area contributed by atoms with Crippen LogP contribution in [0.5, 0.6) is 0 Å². The van der Waals surface area contributed by atoms with Crippen molar-refractivity contribution in [3.05, 3.63) is 28.8 Å². The summed E-state index contributed by atoms with van der Waals surface area (Å²) >= 11 is 10.9. The first kappa shape index (κ1) is 14.7. The van der Waals surface area contributed by atoms with Gasteiger partial charge in [0.15, 0.2) is 0 Å². The van der Waals surface area contributed by atoms with Crippen molar-refractivity contribution in [2.45, 2.75) is 6.92 Å². The summed E-state index contributed by atoms with van der Waals surface area (Å²) in [6.45, 7) is 2.83. The highest BCUT2D eigenvalue weighted by Crippen LogP contribution is 2.20. The molecule has 3 N–H and O–H groups in total. The number of rotatable bonds is 5. The van der Waals surface area contributed by atoms with E-state index < -0.39 is 0 Å². The third-order valence-corrected chi connectivity index (χ3v) is 3.11. The van der Waals surface area contributed by atoms with E-state index in [0.717, 1.165) is 5.69 Å². The summed E-state index contributed by atoms with van der Waals surface area (Å²) in [7, 11) is 1.76. The molecule has 0 aliphatic rings. The summed E-state index contributed by atoms with van der Waals surface area (Å²) in [4.78, 5) is 13.5. The fourth-order valence-corrected chi connectivity index (χ4v) is 1.83. The van der Waals surface area contributed by atoms with Crippen molar-refractivity contribution in [3.8, 4) is 0 Å². The molecule has 4 nitrogen and oxygen atoms in total. The molecule has 1 amide bonds. The molecule has 1 aromatic rings. The molecule has 0 saturated carbocycles. The maximum absolute atomic E-state index is 11.6. The van der Waals surface area contributed by atoms with Gasteiger partial charge in [-0.1, -0.05) is 23.8 Å². The maximum Gasteiger partial charge on any atom is 0.241 e. The standard InChI is InChI=1S/C12H16ClN3OS/c1-3-16(2)11(17)7-15-8-4-5-9(12(14)18)10(13)6-8/h4-6,15H,3,7H2,1-2H3,(H2,14,18). The molecule has 0 fully saturated rings. The van der Waals surface area contributed by atoms with Crippen LogP contribution in [0.1, 0.15) is 12.5 Å². The highest BCUT2D eigenvalue weighted by Gasteiger charge is 2.07. The number of amides is 1. The van der Waals surface area contributed by atoms with E-state index in [1.165, 1.54) is 0 Å². The minimum absolute atomic E-state index is 0.0204. The fourth-order valence-electron chi connectivity index (χ4n) is 1.31. The number of hydrogen-bond donors (Lipinski definition) is 2. The molecule has 0 aliphatic heterocycles. The SMILES string of the molecule is CCN(C)C(=O)CNc1ccc(C(N)=S)c(Cl)c1. The molecule has 6 heteroatoms. The number of hydrogen-bond acceptors (Lipinski definition) is 3. The Balaban J connectivity index is 2.67. The molecule has 18 heavy (non-hydrogen) atoms. The molecule has 0 atom stereocenters. The Morgan fingerprint density at radius 2 is 2.22 bits per heavy atom. The predicted molar refractivity (Wildman–Crippen MR) is 79.1 cm³/mol. The second-order valence-electron chi connectivity index (χ2n) is 3.82. The molecule has 98 valence electrons. The molecule has 0 aliphatic carbocycles. The molecule has 0 unspecified atom stereocenters. The van der Waals surface area contributed by atoms with E-state index in [0.29, 0.717) is 17.1 Å². The summed E-state index contributed by atoms with van der Waals surface area (Å²) in [5, 5.41) is 3.48. The molecule has 1 aromatic carbocycles. The van der Waals surface area contributed by atoms with E-state index in [1.807, 2.05) is 6.92 Å². The molecule has 0 heterocycles. The molecule has 1 rings (SSSR count). The Labute approximate surface area is 117 Å². The van der Waals surface area contributed by atoms with Gasteiger partial charge in [0, 0.05) is 24.8 Å². The van der Waals surface area contributed by atoms with Crippen LogP contribution in [-0.4, -0.2) is 35.9 Å². The molecule has 0 radical (unpaired) electrons. The van der Waals surface area contributed by atoms with Crippen LogP contribution in [0, 0.1) is 0 Å². The van der Waals surface area contributed by atoms with Gasteiger partial charge in [0.25, 0.3) is 0 Å². The van der Waals surface area contributed by atoms with Crippen LogP contribution in [0.25, 0.3) is 0 Å². The number of benzene rings is 1. The van der Waals surface area contributed by atoms with Crippen molar-refractivity contribution in [1.29, 1.82) is 0 Å². The highest BCUT2D eigenvalue weighted by atomic mass is 35.5. The van der Waals surface area contributed by atoms with Crippen LogP contribution < -0.4 is 11.1 Å². The summed E-state index contributed by atoms with van der Waals surface area (Å²) in [6, 6.07) is 5.23. The summed E-state index contributed by atoms with van der Waals surface area (Å²) in [5.74, 6) is 0.0204. The zero-order valence-corrected chi connectivity index (χ0v) is 11.9. The lowest BCUT2D eigenvalue weighted by atomic mass is 10.2. The van der Waals surface area contributed by atoms with Crippen LogP contribution in [-0.2, 0) is 4.79 Å². The average Bonchev–Trinajstić information content (AvgIpc) is 2.34. The van der Waals surface area contributed by atoms with Gasteiger partial charge in [0.2, 0.25) is 5.91 Å². The number of likely N-dealkylation sites (N-methyl/N-ethyl adjacent to an activating group) is 1. The second kappa shape index (κ2) is 6.56. The van der Waals surface area contributed by atoms with Crippen LogP contribution >= 0.6 is 23.8 Å². The summed E-state index contributed by atoms with van der Waals surface area (Å²) in [5.41, 5.74) is 6.91. The number of nitrogens with two attached hydrogens (primary N) is 1. The Morgan fingerprint density at radius 1 is 1.56 bits per heavy atom. The lowest BCUT2D eigenvalue weighted by molar-refractivity contribution is -0.127. The third-order valence-electron chi connectivity index (χ3n) is 2.58. The number of halogens is 1. The van der Waals surface area contributed by atoms with Crippen molar-refractivity contribution in [2.75, 3.05) is 25.5 Å². The smallest absolute Gasteiger partial charge is 0.241 e. The minimum atomic E-state index is 0.0204. The van der Waals surface area contributed by atoms with Crippen molar-refractivity contribution in [1.82, 2.24) is 4.90 Å². The van der Waals surface area contributed by atoms with Gasteiger partial charge < -0.3 is 16.0 Å². The quantitative estimate of drug-likeness (QED) is 0.811. The molecule has 0 bridgehead atoms. The first-order valence-electron chi connectivity index (χ1n) is 5.53. The monoisotopic (exact) mass is 285 g/mol. The van der Waals surface area contributed by atoms with Gasteiger partial charge in [-0.25, -0.2) is 0 Å². The van der Waals surface area contributed by atoms with E-state index >= 15 is 0 Å². The highest BCUT2D eigenvalue weighted by molar-refractivity contribution is 7.80. The summed E-state index contributed by atoms with van der Waals surface area (Å²) < 4.78 is 0. The number of thiocarbonyl (C=S) groups is 1. The molecule has 0 aromatic heterocycles. The van der Waals surface area contributed by atoms with E-state index in [4.69, 9.17) is 29.6 Å². The first-order chi connectivity index (χ1) is 8.45. The van der Waals surface area contributed by atoms with Crippen LogP contribution in [0.3, 0.4) is 0 Å². The average molecular weight is 286 g/mol. The number of nitrogens with zero attached hydrogens (tertiary/aromatic N) is 1. The van der Waals surface area contributed by atoms with Crippen molar-refractivity contribution >= 4 is 40.4 Å². The van der Waals surface area contributed by atoms with E-state index in [2.05, 4.69) is 5.32 Å². The number of carbonyl (C=O) groups is 1. The molecule has 0 saturated heterocycles. The van der Waals surface area contributed by atoms with Crippen molar-refractivity contribution < 1.29 is 4.79 Å². The van der Waals surface area contributed by atoms with Crippen molar-refractivity contribution in [2.24, 2.45) is 5.73 Å². The van der Waals surface area contributed by atoms with Gasteiger partial charge in [0.05, 0.1) is 11.6 Å². The molecule has 0 spiro atoms. The largest absolute Gasteiger partial charge is 0.389 e. The topological polar surface area (TPSA) is 58.4 Å². The third kappa shape index (κ3) is 3.85. The van der Waals surface area contributed by atoms with Gasteiger partial charge in [-0.2, -0.15) is 0 Å². The van der Waals surface area contributed by atoms with Gasteiger partial charge in [0.1, 0.15) is 4.99 Å². The zero-order chi connectivity index (χ0) is 13.7. The number of nitrogens with one attached hydrogen (secondary N) is 1. The Kier molecular flexibility index (Phi) is 5.37. The van der Waals surface area contributed by atoms with Gasteiger partial charge in [-0.3, -0.25) is 4.79 Å². The summed E-state index contributed by atoms with van der Waals surface area (Å²) in [6.07, 6.45) is 0. The van der Waals surface area contributed by atoms with Gasteiger partial charge in [-0.15, -0.1) is 0 Å². The Hall–Kier alpha value is -1.33. The molecular formula is C12H16ClN3OS. The van der Waals surface area contributed by atoms with Crippen LogP contribution in [0.2, 0.25) is 5.02 Å². The lowest BCUT2D eigenvalue weighted by Gasteiger charge is -2.15. The number of carbonyl (C=O) groups excluding carboxylic acids is 1. The lowest BCUT2D eigenvalue weighted by Crippen LogP contribution is -2.31. The normalized spacial score (nSPS) is 9.94. The number of anilines is 1. The van der Waals surface area contributed by atoms with Crippen LogP contribution in [0.4, 0.5) is 5.69 Å². The molecular weight excluding hydrogens is 270 g/mol. The van der Waals surface area contributed by atoms with Gasteiger partial charge in [-0.05, 0) is 25.1 Å². The van der Waals surface area contributed by atoms with Gasteiger partial charge >= 0.3 is 0 Å².